The van der Waals surface area contributed by atoms with E-state index in [2.05, 4.69) is 5.32 Å². The third-order valence-corrected chi connectivity index (χ3v) is 2.66. The topological polar surface area (TPSA) is 119 Å². The van der Waals surface area contributed by atoms with Gasteiger partial charge in [-0.15, -0.1) is 0 Å². The van der Waals surface area contributed by atoms with E-state index in [1.54, 1.807) is 21.0 Å². The molecule has 1 rings (SSSR count). The van der Waals surface area contributed by atoms with Crippen molar-refractivity contribution in [2.24, 2.45) is 5.73 Å². The molecule has 1 aromatic rings. The molecule has 0 spiro atoms. The summed E-state index contributed by atoms with van der Waals surface area (Å²) in [7, 11) is 3.16. The van der Waals surface area contributed by atoms with Gasteiger partial charge in [0.25, 0.3) is 5.69 Å². The van der Waals surface area contributed by atoms with Crippen LogP contribution >= 0.6 is 0 Å². The summed E-state index contributed by atoms with van der Waals surface area (Å²) in [6.45, 7) is 1.57. The monoisotopic (exact) mass is 280 g/mol. The van der Waals surface area contributed by atoms with E-state index in [0.29, 0.717) is 0 Å². The Morgan fingerprint density at radius 2 is 2.00 bits per heavy atom. The van der Waals surface area contributed by atoms with Crippen LogP contribution < -0.4 is 11.1 Å². The van der Waals surface area contributed by atoms with Crippen molar-refractivity contribution in [1.29, 1.82) is 0 Å². The fourth-order valence-electron chi connectivity index (χ4n) is 1.65. The molecule has 20 heavy (non-hydrogen) atoms. The largest absolute Gasteiger partial charge is 0.368 e. The molecule has 0 saturated carbocycles. The number of nitrogens with two attached hydrogens (primary N) is 1. The second-order valence-corrected chi connectivity index (χ2v) is 4.45. The first-order chi connectivity index (χ1) is 9.23. The maximum atomic E-state index is 11.7. The molecule has 3 N–H and O–H groups in total. The highest BCUT2D eigenvalue weighted by molar-refractivity contribution is 5.95. The van der Waals surface area contributed by atoms with E-state index in [-0.39, 0.29) is 22.8 Å². The Morgan fingerprint density at radius 1 is 1.40 bits per heavy atom. The molecule has 8 nitrogen and oxygen atoms in total. The number of nitro groups is 1. The Labute approximate surface area is 115 Å². The van der Waals surface area contributed by atoms with Crippen LogP contribution in [0.25, 0.3) is 0 Å². The zero-order valence-corrected chi connectivity index (χ0v) is 11.4. The van der Waals surface area contributed by atoms with Crippen molar-refractivity contribution in [3.8, 4) is 0 Å². The van der Waals surface area contributed by atoms with Crippen LogP contribution in [0.1, 0.15) is 17.3 Å². The summed E-state index contributed by atoms with van der Waals surface area (Å²) in [6, 6.07) is 3.03. The second-order valence-electron chi connectivity index (χ2n) is 4.45. The van der Waals surface area contributed by atoms with Gasteiger partial charge >= 0.3 is 0 Å². The minimum atomic E-state index is -0.700. The van der Waals surface area contributed by atoms with Gasteiger partial charge in [-0.3, -0.25) is 19.7 Å². The van der Waals surface area contributed by atoms with Gasteiger partial charge in [-0.1, -0.05) is 0 Å². The highest BCUT2D eigenvalue weighted by Crippen LogP contribution is 2.26. The number of amides is 2. The fourth-order valence-corrected chi connectivity index (χ4v) is 1.65. The lowest BCUT2D eigenvalue weighted by Gasteiger charge is -2.19. The molecule has 0 fully saturated rings. The molecule has 1 unspecified atom stereocenters. The normalized spacial score (nSPS) is 11.6. The number of likely N-dealkylation sites (N-methyl/N-ethyl adjacent to an activating group) is 1. The van der Waals surface area contributed by atoms with Crippen LogP contribution in [-0.2, 0) is 4.79 Å². The molecule has 2 amide bonds. The summed E-state index contributed by atoms with van der Waals surface area (Å²) in [5, 5.41) is 13.7. The zero-order valence-electron chi connectivity index (χ0n) is 11.4. The van der Waals surface area contributed by atoms with E-state index in [0.717, 1.165) is 0 Å². The number of nitro benzene ring substituents is 1. The van der Waals surface area contributed by atoms with E-state index < -0.39 is 16.9 Å². The van der Waals surface area contributed by atoms with Gasteiger partial charge in [-0.05, 0) is 19.1 Å². The quantitative estimate of drug-likeness (QED) is 0.604. The van der Waals surface area contributed by atoms with Crippen LogP contribution in [0, 0.1) is 10.1 Å². The summed E-state index contributed by atoms with van der Waals surface area (Å²) in [6.07, 6.45) is 0. The number of hydrogen-bond donors (Lipinski definition) is 2. The lowest BCUT2D eigenvalue weighted by atomic mass is 10.1. The van der Waals surface area contributed by atoms with Gasteiger partial charge < -0.3 is 16.0 Å². The van der Waals surface area contributed by atoms with Gasteiger partial charge in [0, 0.05) is 25.7 Å². The maximum absolute atomic E-state index is 11.7. The summed E-state index contributed by atoms with van der Waals surface area (Å²) in [5.74, 6) is -0.946. The standard InChI is InChI=1S/C12H16N4O4/c1-7(12(18)15(2)3)14-9-6-8(11(13)17)4-5-10(9)16(19)20/h4-7,14H,1-3H3,(H2,13,17). The van der Waals surface area contributed by atoms with E-state index in [1.807, 2.05) is 0 Å². The van der Waals surface area contributed by atoms with E-state index in [9.17, 15) is 19.7 Å². The fraction of sp³-hybridized carbons (Fsp3) is 0.333. The molecule has 0 heterocycles. The van der Waals surface area contributed by atoms with Crippen LogP contribution in [0.15, 0.2) is 18.2 Å². The van der Waals surface area contributed by atoms with Crippen molar-refractivity contribution in [2.45, 2.75) is 13.0 Å². The van der Waals surface area contributed by atoms with Crippen molar-refractivity contribution in [2.75, 3.05) is 19.4 Å². The first kappa shape index (κ1) is 15.4. The van der Waals surface area contributed by atoms with Crippen molar-refractivity contribution in [3.05, 3.63) is 33.9 Å². The molecule has 0 aliphatic carbocycles. The average molecular weight is 280 g/mol. The van der Waals surface area contributed by atoms with E-state index in [4.69, 9.17) is 5.73 Å². The first-order valence-electron chi connectivity index (χ1n) is 5.80. The SMILES string of the molecule is CC(Nc1cc(C(N)=O)ccc1[N+](=O)[O-])C(=O)N(C)C. The molecule has 0 aliphatic rings. The Balaban J connectivity index is 3.13. The van der Waals surface area contributed by atoms with Gasteiger partial charge in [0.1, 0.15) is 11.7 Å². The first-order valence-corrected chi connectivity index (χ1v) is 5.80. The smallest absolute Gasteiger partial charge is 0.292 e. The Hall–Kier alpha value is -2.64. The van der Waals surface area contributed by atoms with Gasteiger partial charge in [-0.2, -0.15) is 0 Å². The lowest BCUT2D eigenvalue weighted by Crippen LogP contribution is -2.36. The third-order valence-electron chi connectivity index (χ3n) is 2.66. The van der Waals surface area contributed by atoms with Crippen LogP contribution in [-0.4, -0.2) is 41.8 Å². The van der Waals surface area contributed by atoms with Crippen LogP contribution in [0.3, 0.4) is 0 Å². The number of benzene rings is 1. The van der Waals surface area contributed by atoms with Crippen molar-refractivity contribution < 1.29 is 14.5 Å². The molecule has 1 aromatic carbocycles. The maximum Gasteiger partial charge on any atom is 0.292 e. The van der Waals surface area contributed by atoms with Crippen LogP contribution in [0.5, 0.6) is 0 Å². The van der Waals surface area contributed by atoms with Crippen molar-refractivity contribution >= 4 is 23.2 Å². The third kappa shape index (κ3) is 3.44. The average Bonchev–Trinajstić information content (AvgIpc) is 2.36. The molecule has 1 atom stereocenters. The highest BCUT2D eigenvalue weighted by atomic mass is 16.6. The van der Waals surface area contributed by atoms with Crippen LogP contribution in [0.2, 0.25) is 0 Å². The van der Waals surface area contributed by atoms with Gasteiger partial charge in [-0.25, -0.2) is 0 Å². The molecule has 0 saturated heterocycles. The molecular formula is C12H16N4O4. The molecule has 108 valence electrons. The number of hydrogen-bond acceptors (Lipinski definition) is 5. The molecule has 0 bridgehead atoms. The predicted molar refractivity (Wildman–Crippen MR) is 73.4 cm³/mol. The number of primary amides is 1. The number of nitrogens with one attached hydrogen (secondary N) is 1. The summed E-state index contributed by atoms with van der Waals surface area (Å²) >= 11 is 0. The molecule has 8 heteroatoms. The number of rotatable bonds is 5. The van der Waals surface area contributed by atoms with Gasteiger partial charge in [0.2, 0.25) is 11.8 Å². The zero-order chi connectivity index (χ0) is 15.4. The van der Waals surface area contributed by atoms with Crippen LogP contribution in [0.4, 0.5) is 11.4 Å². The number of anilines is 1. The van der Waals surface area contributed by atoms with Gasteiger partial charge in [0.15, 0.2) is 0 Å². The molecule has 0 radical (unpaired) electrons. The van der Waals surface area contributed by atoms with Gasteiger partial charge in [0.05, 0.1) is 4.92 Å². The minimum absolute atomic E-state index is 0.0778. The minimum Gasteiger partial charge on any atom is -0.368 e. The number of carbonyl (C=O) groups excluding carboxylic acids is 2. The van der Waals surface area contributed by atoms with E-state index >= 15 is 0 Å². The Kier molecular flexibility index (Phi) is 4.63. The molecular weight excluding hydrogens is 264 g/mol. The van der Waals surface area contributed by atoms with E-state index in [1.165, 1.54) is 23.1 Å². The Morgan fingerprint density at radius 3 is 2.45 bits per heavy atom. The van der Waals surface area contributed by atoms with Crippen molar-refractivity contribution in [1.82, 2.24) is 4.90 Å². The predicted octanol–water partition coefficient (Wildman–Crippen LogP) is 0.582. The van der Waals surface area contributed by atoms with Crippen molar-refractivity contribution in [3.63, 3.8) is 0 Å². The lowest BCUT2D eigenvalue weighted by molar-refractivity contribution is -0.384. The Bertz CT molecular complexity index is 556. The highest BCUT2D eigenvalue weighted by Gasteiger charge is 2.21. The summed E-state index contributed by atoms with van der Waals surface area (Å²) in [4.78, 5) is 34.6. The number of nitrogens with zero attached hydrogens (tertiary/aromatic N) is 2. The number of carbonyl (C=O) groups is 2. The molecule has 0 aliphatic heterocycles. The molecule has 0 aromatic heterocycles. The second kappa shape index (κ2) is 6.00. The summed E-state index contributed by atoms with van der Waals surface area (Å²) in [5.41, 5.74) is 5.11. The summed E-state index contributed by atoms with van der Waals surface area (Å²) < 4.78 is 0.